The van der Waals surface area contributed by atoms with Crippen LogP contribution in [0.3, 0.4) is 0 Å². The largest absolute Gasteiger partial charge is 0.376 e. The predicted octanol–water partition coefficient (Wildman–Crippen LogP) is 2.12. The molecule has 7 heteroatoms. The number of carbonyl (C=O) groups excluding carboxylic acids is 2. The molecule has 0 aliphatic rings. The van der Waals surface area contributed by atoms with Gasteiger partial charge < -0.3 is 16.4 Å². The van der Waals surface area contributed by atoms with Crippen LogP contribution in [-0.4, -0.2) is 23.3 Å². The molecule has 1 heterocycles. The summed E-state index contributed by atoms with van der Waals surface area (Å²) in [6, 6.07) is 8.22. The van der Waals surface area contributed by atoms with Crippen LogP contribution in [0.25, 0.3) is 0 Å². The second-order valence-electron chi connectivity index (χ2n) is 4.98. The average Bonchev–Trinajstić information content (AvgIpc) is 2.54. The Kier molecular flexibility index (Phi) is 5.54. The smallest absolute Gasteiger partial charge is 0.250 e. The molecule has 2 amide bonds. The van der Waals surface area contributed by atoms with Gasteiger partial charge in [-0.05, 0) is 36.8 Å². The molecule has 0 spiro atoms. The molecule has 0 fully saturated rings. The van der Waals surface area contributed by atoms with Crippen LogP contribution in [0.5, 0.6) is 0 Å². The van der Waals surface area contributed by atoms with Gasteiger partial charge in [-0.3, -0.25) is 14.6 Å². The zero-order valence-electron chi connectivity index (χ0n) is 12.5. The number of pyridine rings is 1. The molecule has 1 atom stereocenters. The zero-order valence-corrected chi connectivity index (χ0v) is 13.3. The number of amides is 2. The van der Waals surface area contributed by atoms with Gasteiger partial charge in [-0.2, -0.15) is 0 Å². The van der Waals surface area contributed by atoms with Crippen molar-refractivity contribution in [3.63, 3.8) is 0 Å². The van der Waals surface area contributed by atoms with E-state index < -0.39 is 5.91 Å². The monoisotopic (exact) mass is 332 g/mol. The van der Waals surface area contributed by atoms with Crippen LogP contribution in [0.2, 0.25) is 5.02 Å². The summed E-state index contributed by atoms with van der Waals surface area (Å²) in [6.07, 6.45) is 3.37. The Morgan fingerprint density at radius 2 is 2.13 bits per heavy atom. The van der Waals surface area contributed by atoms with Crippen molar-refractivity contribution < 1.29 is 9.59 Å². The maximum absolute atomic E-state index is 12.0. The molecule has 0 aliphatic carbocycles. The molecule has 0 radical (unpaired) electrons. The molecular weight excluding hydrogens is 316 g/mol. The minimum atomic E-state index is -0.612. The van der Waals surface area contributed by atoms with Crippen molar-refractivity contribution in [1.29, 1.82) is 0 Å². The Bertz CT molecular complexity index is 706. The molecule has 0 saturated carbocycles. The first-order valence-corrected chi connectivity index (χ1v) is 7.37. The van der Waals surface area contributed by atoms with Gasteiger partial charge >= 0.3 is 0 Å². The van der Waals surface area contributed by atoms with Crippen LogP contribution >= 0.6 is 11.6 Å². The number of aromatic nitrogens is 1. The van der Waals surface area contributed by atoms with Crippen LogP contribution in [0.15, 0.2) is 42.7 Å². The number of nitrogens with one attached hydrogen (secondary N) is 2. The maximum atomic E-state index is 12.0. The standard InChI is InChI=1S/C16H17ClN4O2/c1-10(11-3-2-6-19-8-11)21-15(22)9-20-14-5-4-12(17)7-13(14)16(18)23/h2-8,10,20H,9H2,1H3,(H2,18,23)(H,21,22). The molecule has 1 aromatic carbocycles. The maximum Gasteiger partial charge on any atom is 0.250 e. The first-order chi connectivity index (χ1) is 11.0. The van der Waals surface area contributed by atoms with E-state index in [-0.39, 0.29) is 24.1 Å². The Morgan fingerprint density at radius 1 is 1.35 bits per heavy atom. The van der Waals surface area contributed by atoms with Crippen molar-refractivity contribution in [2.75, 3.05) is 11.9 Å². The third-order valence-electron chi connectivity index (χ3n) is 3.25. The van der Waals surface area contributed by atoms with Crippen molar-refractivity contribution in [3.05, 3.63) is 58.9 Å². The quantitative estimate of drug-likeness (QED) is 0.754. The van der Waals surface area contributed by atoms with Crippen LogP contribution in [0.1, 0.15) is 28.9 Å². The number of nitrogens with two attached hydrogens (primary N) is 1. The number of benzene rings is 1. The van der Waals surface area contributed by atoms with Crippen molar-refractivity contribution in [1.82, 2.24) is 10.3 Å². The minimum absolute atomic E-state index is 0.00646. The molecule has 4 N–H and O–H groups in total. The number of hydrogen-bond acceptors (Lipinski definition) is 4. The Morgan fingerprint density at radius 3 is 2.78 bits per heavy atom. The molecule has 1 aromatic heterocycles. The highest BCUT2D eigenvalue weighted by molar-refractivity contribution is 6.31. The Labute approximate surface area is 139 Å². The fraction of sp³-hybridized carbons (Fsp3) is 0.188. The van der Waals surface area contributed by atoms with E-state index in [1.807, 2.05) is 19.1 Å². The van der Waals surface area contributed by atoms with E-state index in [0.717, 1.165) is 5.56 Å². The molecule has 0 aliphatic heterocycles. The topological polar surface area (TPSA) is 97.1 Å². The lowest BCUT2D eigenvalue weighted by Gasteiger charge is -2.15. The van der Waals surface area contributed by atoms with E-state index >= 15 is 0 Å². The van der Waals surface area contributed by atoms with Crippen LogP contribution < -0.4 is 16.4 Å². The molecule has 0 saturated heterocycles. The molecule has 23 heavy (non-hydrogen) atoms. The normalized spacial score (nSPS) is 11.6. The number of carbonyl (C=O) groups is 2. The number of nitrogens with zero attached hydrogens (tertiary/aromatic N) is 1. The fourth-order valence-electron chi connectivity index (χ4n) is 2.06. The van der Waals surface area contributed by atoms with Gasteiger partial charge in [0.2, 0.25) is 5.91 Å². The summed E-state index contributed by atoms with van der Waals surface area (Å²) in [6.45, 7) is 1.87. The molecule has 2 rings (SSSR count). The summed E-state index contributed by atoms with van der Waals surface area (Å²) in [4.78, 5) is 27.4. The SMILES string of the molecule is CC(NC(=O)CNc1ccc(Cl)cc1C(N)=O)c1cccnc1. The summed E-state index contributed by atoms with van der Waals surface area (Å²) in [5, 5.41) is 6.14. The van der Waals surface area contributed by atoms with Gasteiger partial charge in [0.15, 0.2) is 0 Å². The lowest BCUT2D eigenvalue weighted by molar-refractivity contribution is -0.120. The number of halogens is 1. The van der Waals surface area contributed by atoms with E-state index in [9.17, 15) is 9.59 Å². The van der Waals surface area contributed by atoms with E-state index in [2.05, 4.69) is 15.6 Å². The van der Waals surface area contributed by atoms with Gasteiger partial charge in [0.05, 0.1) is 18.2 Å². The number of hydrogen-bond donors (Lipinski definition) is 3. The molecule has 6 nitrogen and oxygen atoms in total. The zero-order chi connectivity index (χ0) is 16.8. The van der Waals surface area contributed by atoms with Gasteiger partial charge in [-0.25, -0.2) is 0 Å². The van der Waals surface area contributed by atoms with Gasteiger partial charge in [-0.15, -0.1) is 0 Å². The second kappa shape index (κ2) is 7.60. The summed E-state index contributed by atoms with van der Waals surface area (Å²) in [7, 11) is 0. The van der Waals surface area contributed by atoms with Crippen molar-refractivity contribution >= 4 is 29.1 Å². The average molecular weight is 333 g/mol. The lowest BCUT2D eigenvalue weighted by Crippen LogP contribution is -2.32. The summed E-state index contributed by atoms with van der Waals surface area (Å²) < 4.78 is 0. The van der Waals surface area contributed by atoms with Crippen molar-refractivity contribution in [3.8, 4) is 0 Å². The third kappa shape index (κ3) is 4.69. The van der Waals surface area contributed by atoms with E-state index in [0.29, 0.717) is 10.7 Å². The van der Waals surface area contributed by atoms with Crippen molar-refractivity contribution in [2.45, 2.75) is 13.0 Å². The van der Waals surface area contributed by atoms with Gasteiger partial charge in [0.1, 0.15) is 0 Å². The second-order valence-corrected chi connectivity index (χ2v) is 5.42. The Hall–Kier alpha value is -2.60. The molecule has 120 valence electrons. The lowest BCUT2D eigenvalue weighted by atomic mass is 10.1. The summed E-state index contributed by atoms with van der Waals surface area (Å²) in [5.41, 5.74) is 6.91. The number of rotatable bonds is 6. The third-order valence-corrected chi connectivity index (χ3v) is 3.48. The molecule has 2 aromatic rings. The summed E-state index contributed by atoms with van der Waals surface area (Å²) in [5.74, 6) is -0.828. The number of primary amides is 1. The first kappa shape index (κ1) is 16.8. The van der Waals surface area contributed by atoms with Gasteiger partial charge in [-0.1, -0.05) is 17.7 Å². The molecule has 1 unspecified atom stereocenters. The highest BCUT2D eigenvalue weighted by Gasteiger charge is 2.12. The van der Waals surface area contributed by atoms with Crippen LogP contribution in [0.4, 0.5) is 5.69 Å². The minimum Gasteiger partial charge on any atom is -0.376 e. The van der Waals surface area contributed by atoms with E-state index in [4.69, 9.17) is 17.3 Å². The highest BCUT2D eigenvalue weighted by atomic mass is 35.5. The van der Waals surface area contributed by atoms with Crippen molar-refractivity contribution in [2.24, 2.45) is 5.73 Å². The first-order valence-electron chi connectivity index (χ1n) is 7.00. The van der Waals surface area contributed by atoms with E-state index in [1.54, 1.807) is 24.5 Å². The predicted molar refractivity (Wildman–Crippen MR) is 89.3 cm³/mol. The highest BCUT2D eigenvalue weighted by Crippen LogP contribution is 2.20. The van der Waals surface area contributed by atoms with Crippen LogP contribution in [-0.2, 0) is 4.79 Å². The van der Waals surface area contributed by atoms with Crippen LogP contribution in [0, 0.1) is 0 Å². The summed E-state index contributed by atoms with van der Waals surface area (Å²) >= 11 is 5.84. The molecular formula is C16H17ClN4O2. The molecule has 0 bridgehead atoms. The Balaban J connectivity index is 1.96. The van der Waals surface area contributed by atoms with Gasteiger partial charge in [0.25, 0.3) is 5.91 Å². The fourth-order valence-corrected chi connectivity index (χ4v) is 2.23. The van der Waals surface area contributed by atoms with Gasteiger partial charge in [0, 0.05) is 23.1 Å². The number of anilines is 1. The van der Waals surface area contributed by atoms with E-state index in [1.165, 1.54) is 6.07 Å².